The van der Waals surface area contributed by atoms with Crippen LogP contribution in [0.3, 0.4) is 0 Å². The molecular weight excluding hydrogens is 1130 g/mol. The molecule has 4 atom stereocenters. The number of aliphatic hydroxyl groups is 1. The molecule has 0 aromatic heterocycles. The summed E-state index contributed by atoms with van der Waals surface area (Å²) in [6.07, 6.45) is 3.88. The second kappa shape index (κ2) is 21.3. The molecule has 0 aromatic carbocycles. The van der Waals surface area contributed by atoms with Gasteiger partial charge in [-0.25, -0.2) is 16.8 Å². The predicted molar refractivity (Wildman–Crippen MR) is 147 cm³/mol. The van der Waals surface area contributed by atoms with Crippen LogP contribution in [0.25, 0.3) is 0 Å². The van der Waals surface area contributed by atoms with Gasteiger partial charge in [0.2, 0.25) is 20.0 Å². The zero-order chi connectivity index (χ0) is 26.4. The number of hydrogen-bond acceptors (Lipinski definition) is 8. The summed E-state index contributed by atoms with van der Waals surface area (Å²) in [4.78, 5) is 9.85. The molecule has 3 saturated heterocycles. The number of sulfonamides is 2. The quantitative estimate of drug-likeness (QED) is 0.197. The number of carbonyl (C=O) groups is 1. The van der Waals surface area contributed by atoms with Crippen LogP contribution in [0.5, 0.6) is 0 Å². The molecule has 0 aliphatic carbocycles. The summed E-state index contributed by atoms with van der Waals surface area (Å²) < 4.78 is 56.5. The van der Waals surface area contributed by atoms with E-state index >= 15 is 0 Å². The Labute approximate surface area is 256 Å². The summed E-state index contributed by atoms with van der Waals surface area (Å²) in [5, 5.41) is 9.36. The van der Waals surface area contributed by atoms with E-state index in [2.05, 4.69) is 59.7 Å². The van der Waals surface area contributed by atoms with Gasteiger partial charge >= 0.3 is 76.2 Å². The SMILES string of the molecule is C.CCOC(C)=O.CS(=O)(=O)N1CC[C@@H](Br)[C@H](O)C1.CS(=O)(=O)N1CC[C@H]2O[C@H]2C1.[I][Re].[I][Re]. The maximum atomic E-state index is 11.0. The Hall–Kier alpha value is 2.47. The van der Waals surface area contributed by atoms with Crippen LogP contribution >= 0.6 is 55.0 Å². The molecule has 3 aliphatic heterocycles. The summed E-state index contributed by atoms with van der Waals surface area (Å²) in [5.41, 5.74) is 0. The van der Waals surface area contributed by atoms with Gasteiger partial charge in [-0.05, 0) is 19.8 Å². The zero-order valence-electron chi connectivity index (χ0n) is 18.7. The van der Waals surface area contributed by atoms with Crippen molar-refractivity contribution in [1.82, 2.24) is 8.61 Å². The molecule has 0 unspecified atom stereocenters. The van der Waals surface area contributed by atoms with Gasteiger partial charge in [0.25, 0.3) is 0 Å². The molecule has 0 amide bonds. The van der Waals surface area contributed by atoms with Crippen molar-refractivity contribution < 1.29 is 67.4 Å². The van der Waals surface area contributed by atoms with E-state index < -0.39 is 26.2 Å². The van der Waals surface area contributed by atoms with Crippen LogP contribution in [0.15, 0.2) is 0 Å². The van der Waals surface area contributed by atoms with Crippen LogP contribution in [0.4, 0.5) is 0 Å². The zero-order valence-corrected chi connectivity index (χ0v) is 31.6. The van der Waals surface area contributed by atoms with Gasteiger partial charge in [0, 0.05) is 37.9 Å². The molecule has 3 aliphatic rings. The Morgan fingerprint density at radius 3 is 1.79 bits per heavy atom. The topological polar surface area (TPSA) is 134 Å². The first kappa shape index (κ1) is 41.0. The van der Waals surface area contributed by atoms with E-state index in [4.69, 9.17) is 4.74 Å². The number of nitrogens with zero attached hydrogens (tertiary/aromatic N) is 2. The van der Waals surface area contributed by atoms with Crippen molar-refractivity contribution in [1.29, 1.82) is 0 Å². The van der Waals surface area contributed by atoms with Crippen LogP contribution in [-0.2, 0) is 65.5 Å². The van der Waals surface area contributed by atoms with Crippen LogP contribution < -0.4 is 0 Å². The van der Waals surface area contributed by atoms with Crippen molar-refractivity contribution in [3.63, 3.8) is 0 Å². The van der Waals surface area contributed by atoms with Crippen molar-refractivity contribution in [2.75, 3.05) is 45.3 Å². The van der Waals surface area contributed by atoms with Crippen LogP contribution in [0.2, 0.25) is 0 Å². The van der Waals surface area contributed by atoms with E-state index in [0.717, 1.165) is 12.7 Å². The molecule has 17 heteroatoms. The Bertz CT molecular complexity index is 769. The van der Waals surface area contributed by atoms with Crippen molar-refractivity contribution in [2.45, 2.75) is 57.3 Å². The summed E-state index contributed by atoms with van der Waals surface area (Å²) >= 11 is 11.1. The van der Waals surface area contributed by atoms with E-state index in [1.165, 1.54) is 21.8 Å². The fourth-order valence-electron chi connectivity index (χ4n) is 2.84. The number of β-amino-alcohol motifs (C(OH)–C–C–N with tert-alkyl or cyclic N) is 1. The third kappa shape index (κ3) is 18.7. The Morgan fingerprint density at radius 1 is 1.03 bits per heavy atom. The number of rotatable bonds is 3. The van der Waals surface area contributed by atoms with Crippen molar-refractivity contribution in [3.8, 4) is 0 Å². The molecule has 1 N–H and O–H groups in total. The number of halogens is 3. The van der Waals surface area contributed by atoms with Crippen molar-refractivity contribution in [3.05, 3.63) is 0 Å². The van der Waals surface area contributed by atoms with Crippen LogP contribution in [-0.4, -0.2) is 105 Å². The van der Waals surface area contributed by atoms with Crippen LogP contribution in [0, 0.1) is 0 Å². The van der Waals surface area contributed by atoms with E-state index in [1.807, 2.05) is 0 Å². The number of carbonyl (C=O) groups excluding carboxylic acids is 1. The van der Waals surface area contributed by atoms with Crippen molar-refractivity contribution >= 4 is 81.0 Å². The number of alkyl halides is 1. The van der Waals surface area contributed by atoms with Crippen LogP contribution in [0.1, 0.15) is 34.1 Å². The second-order valence-electron chi connectivity index (χ2n) is 7.04. The molecule has 0 bridgehead atoms. The number of epoxide rings is 1. The third-order valence-corrected chi connectivity index (χ3v) is 8.09. The Kier molecular flexibility index (Phi) is 25.7. The van der Waals surface area contributed by atoms with E-state index in [-0.39, 0.29) is 30.9 Å². The summed E-state index contributed by atoms with van der Waals surface area (Å²) in [6.45, 7) is 5.53. The third-order valence-electron chi connectivity index (χ3n) is 4.48. The number of hydrogen-bond donors (Lipinski definition) is 1. The molecule has 0 spiro atoms. The first-order valence-electron chi connectivity index (χ1n) is 9.55. The molecule has 3 fully saturated rings. The van der Waals surface area contributed by atoms with Gasteiger partial charge in [0.1, 0.15) is 0 Å². The molecule has 3 rings (SSSR count). The van der Waals surface area contributed by atoms with Gasteiger partial charge in [0.15, 0.2) is 0 Å². The fraction of sp³-hybridized carbons (Fsp3) is 0.941. The van der Waals surface area contributed by atoms with Crippen molar-refractivity contribution in [2.24, 2.45) is 0 Å². The molecule has 208 valence electrons. The molecule has 10 nitrogen and oxygen atoms in total. The normalized spacial score (nSPS) is 25.9. The summed E-state index contributed by atoms with van der Waals surface area (Å²) in [6, 6.07) is 0. The number of aliphatic hydroxyl groups excluding tert-OH is 1. The van der Waals surface area contributed by atoms with Gasteiger partial charge < -0.3 is 14.6 Å². The molecule has 3 heterocycles. The minimum absolute atomic E-state index is 0. The Balaban J connectivity index is -0.000000406. The first-order valence-corrected chi connectivity index (χ1v) is 29.6. The average Bonchev–Trinajstić information content (AvgIpc) is 3.51. The van der Waals surface area contributed by atoms with Gasteiger partial charge in [-0.3, -0.25) is 4.79 Å². The minimum atomic E-state index is -3.13. The fourth-order valence-corrected chi connectivity index (χ4v) is 4.92. The summed E-state index contributed by atoms with van der Waals surface area (Å²) in [5.74, 6) is -0.211. The Morgan fingerprint density at radius 2 is 1.47 bits per heavy atom. The summed E-state index contributed by atoms with van der Waals surface area (Å²) in [7, 11) is -6.11. The predicted octanol–water partition coefficient (Wildman–Crippen LogP) is 2.17. The molecule has 0 radical (unpaired) electrons. The monoisotopic (exact) mass is 1170 g/mol. The maximum absolute atomic E-state index is 11.0. The molecule has 34 heavy (non-hydrogen) atoms. The number of piperidine rings is 2. The first-order chi connectivity index (χ1) is 15.3. The number of esters is 1. The standard InChI is InChI=1S/C6H12BrNO3S.C6H11NO3S.C4H8O2.CH4.2HI.2Re/c1-12(10,11)8-3-2-5(7)6(9)4-8;1-11(8,9)7-3-2-5-6(4-7)10-5;1-3-6-4(2)5;;;;;/h5-6,9H,2-4H2,1H3;5-6H,2-4H2,1H3;3H2,1-2H3;1H4;2*1H;;/q;;;;;;2*+1/p-2/t5-,6-;5-,6+;;;;;;/m11....../s1. The average molecular weight is 1170 g/mol. The molecule has 0 aromatic rings. The number of fused-ring (bicyclic) bond motifs is 1. The number of ether oxygens (including phenoxy) is 2. The molecular formula is C17H35BrI2N2O8Re2S2. The van der Waals surface area contributed by atoms with E-state index in [1.54, 1.807) is 38.1 Å². The molecule has 0 saturated carbocycles. The van der Waals surface area contributed by atoms with Gasteiger partial charge in [-0.2, -0.15) is 8.61 Å². The van der Waals surface area contributed by atoms with E-state index in [9.17, 15) is 26.7 Å². The van der Waals surface area contributed by atoms with E-state index in [0.29, 0.717) is 38.8 Å². The van der Waals surface area contributed by atoms with Gasteiger partial charge in [-0.1, -0.05) is 23.4 Å². The van der Waals surface area contributed by atoms with Gasteiger partial charge in [-0.15, -0.1) is 0 Å². The van der Waals surface area contributed by atoms with Gasteiger partial charge in [0.05, 0.1) is 37.4 Å². The second-order valence-corrected chi connectivity index (χ2v) is 12.2.